The van der Waals surface area contributed by atoms with Gasteiger partial charge in [0.1, 0.15) is 6.61 Å². The molecule has 6 heteroatoms. The van der Waals surface area contributed by atoms with Gasteiger partial charge in [-0.05, 0) is 32.0 Å². The second-order valence-corrected chi connectivity index (χ2v) is 5.40. The summed E-state index contributed by atoms with van der Waals surface area (Å²) in [4.78, 5) is 2.16. The molecule has 0 aliphatic carbocycles. The Hall–Kier alpha value is -0.590. The van der Waals surface area contributed by atoms with Crippen LogP contribution in [0.4, 0.5) is 13.2 Å². The van der Waals surface area contributed by atoms with Crippen molar-refractivity contribution in [3.8, 4) is 0 Å². The monoisotopic (exact) mass is 281 g/mol. The molecule has 0 amide bonds. The lowest BCUT2D eigenvalue weighted by Gasteiger charge is -2.18. The van der Waals surface area contributed by atoms with Crippen LogP contribution < -0.4 is 5.32 Å². The fourth-order valence-corrected chi connectivity index (χ4v) is 2.43. The van der Waals surface area contributed by atoms with Crippen molar-refractivity contribution in [1.29, 1.82) is 0 Å². The maximum Gasteiger partial charge on any atom is 0.411 e. The standard InChI is InChI=1S/C12H18F3NOS/c1-3-6-16-10(7-17-8-12(13,14)15)11-5-4-9(2)18-11/h4-5,10,16H,3,6-8H2,1-2H3. The third-order valence-electron chi connectivity index (χ3n) is 2.30. The van der Waals surface area contributed by atoms with E-state index in [1.165, 1.54) is 0 Å². The molecule has 1 rings (SSSR count). The van der Waals surface area contributed by atoms with Crippen molar-refractivity contribution >= 4 is 11.3 Å². The highest BCUT2D eigenvalue weighted by Crippen LogP contribution is 2.24. The SMILES string of the molecule is CCCNC(COCC(F)(F)F)c1ccc(C)s1. The molecule has 1 aromatic heterocycles. The molecule has 1 unspecified atom stereocenters. The Kier molecular flexibility index (Phi) is 6.11. The lowest BCUT2D eigenvalue weighted by molar-refractivity contribution is -0.175. The third-order valence-corrected chi connectivity index (χ3v) is 3.41. The van der Waals surface area contributed by atoms with Gasteiger partial charge in [-0.15, -0.1) is 11.3 Å². The van der Waals surface area contributed by atoms with Crippen LogP contribution in [0.15, 0.2) is 12.1 Å². The number of halogens is 3. The molecule has 104 valence electrons. The van der Waals surface area contributed by atoms with Crippen molar-refractivity contribution in [2.45, 2.75) is 32.5 Å². The maximum absolute atomic E-state index is 12.0. The number of ether oxygens (including phenoxy) is 1. The van der Waals surface area contributed by atoms with Crippen molar-refractivity contribution < 1.29 is 17.9 Å². The Morgan fingerprint density at radius 3 is 2.61 bits per heavy atom. The zero-order valence-corrected chi connectivity index (χ0v) is 11.3. The van der Waals surface area contributed by atoms with Gasteiger partial charge in [-0.25, -0.2) is 0 Å². The predicted molar refractivity (Wildman–Crippen MR) is 67.0 cm³/mol. The van der Waals surface area contributed by atoms with E-state index in [9.17, 15) is 13.2 Å². The van der Waals surface area contributed by atoms with Crippen LogP contribution in [0.25, 0.3) is 0 Å². The minimum absolute atomic E-state index is 0.0411. The summed E-state index contributed by atoms with van der Waals surface area (Å²) in [6.07, 6.45) is -3.33. The first kappa shape index (κ1) is 15.5. The van der Waals surface area contributed by atoms with Gasteiger partial charge < -0.3 is 10.1 Å². The Labute approximate surface area is 109 Å². The molecule has 0 aliphatic heterocycles. The number of nitrogens with one attached hydrogen (secondary N) is 1. The number of rotatable bonds is 7. The van der Waals surface area contributed by atoms with E-state index < -0.39 is 12.8 Å². The minimum atomic E-state index is -4.26. The first-order valence-corrected chi connectivity index (χ1v) is 6.68. The quantitative estimate of drug-likeness (QED) is 0.823. The van der Waals surface area contributed by atoms with Crippen LogP contribution >= 0.6 is 11.3 Å². The van der Waals surface area contributed by atoms with Crippen LogP contribution in [-0.4, -0.2) is 25.9 Å². The van der Waals surface area contributed by atoms with Gasteiger partial charge in [0.25, 0.3) is 0 Å². The minimum Gasteiger partial charge on any atom is -0.370 e. The van der Waals surface area contributed by atoms with Crippen LogP contribution in [0.1, 0.15) is 29.1 Å². The van der Waals surface area contributed by atoms with E-state index in [0.29, 0.717) is 0 Å². The highest BCUT2D eigenvalue weighted by atomic mass is 32.1. The van der Waals surface area contributed by atoms with Gasteiger partial charge >= 0.3 is 6.18 Å². The highest BCUT2D eigenvalue weighted by molar-refractivity contribution is 7.12. The third kappa shape index (κ3) is 5.84. The van der Waals surface area contributed by atoms with E-state index in [1.807, 2.05) is 26.0 Å². The smallest absolute Gasteiger partial charge is 0.370 e. The van der Waals surface area contributed by atoms with E-state index in [0.717, 1.165) is 22.7 Å². The van der Waals surface area contributed by atoms with Gasteiger partial charge in [-0.2, -0.15) is 13.2 Å². The molecule has 0 spiro atoms. The molecule has 0 radical (unpaired) electrons. The Morgan fingerprint density at radius 2 is 2.11 bits per heavy atom. The normalized spacial score (nSPS) is 13.8. The van der Waals surface area contributed by atoms with Gasteiger partial charge in [0.15, 0.2) is 0 Å². The van der Waals surface area contributed by atoms with E-state index in [2.05, 4.69) is 5.32 Å². The summed E-state index contributed by atoms with van der Waals surface area (Å²) in [7, 11) is 0. The molecule has 18 heavy (non-hydrogen) atoms. The Bertz CT molecular complexity index is 351. The molecule has 2 nitrogen and oxygen atoms in total. The van der Waals surface area contributed by atoms with Crippen molar-refractivity contribution in [1.82, 2.24) is 5.32 Å². The van der Waals surface area contributed by atoms with Crippen molar-refractivity contribution in [2.75, 3.05) is 19.8 Å². The summed E-state index contributed by atoms with van der Waals surface area (Å²) in [5.41, 5.74) is 0. The fraction of sp³-hybridized carbons (Fsp3) is 0.667. The van der Waals surface area contributed by atoms with Crippen LogP contribution in [-0.2, 0) is 4.74 Å². The second kappa shape index (κ2) is 7.11. The van der Waals surface area contributed by atoms with E-state index >= 15 is 0 Å². The lowest BCUT2D eigenvalue weighted by Crippen LogP contribution is -2.28. The fourth-order valence-electron chi connectivity index (χ4n) is 1.49. The topological polar surface area (TPSA) is 21.3 Å². The van der Waals surface area contributed by atoms with E-state index in [1.54, 1.807) is 11.3 Å². The average Bonchev–Trinajstić information content (AvgIpc) is 2.68. The summed E-state index contributed by atoms with van der Waals surface area (Å²) in [5.74, 6) is 0. The molecule has 0 bridgehead atoms. The maximum atomic E-state index is 12.0. The number of alkyl halides is 3. The molecule has 0 aliphatic rings. The Morgan fingerprint density at radius 1 is 1.39 bits per heavy atom. The van der Waals surface area contributed by atoms with Crippen LogP contribution in [0.3, 0.4) is 0 Å². The van der Waals surface area contributed by atoms with Crippen LogP contribution in [0.5, 0.6) is 0 Å². The molecule has 0 saturated heterocycles. The first-order valence-electron chi connectivity index (χ1n) is 5.86. The summed E-state index contributed by atoms with van der Waals surface area (Å²) in [5, 5.41) is 3.20. The van der Waals surface area contributed by atoms with Crippen molar-refractivity contribution in [3.63, 3.8) is 0 Å². The van der Waals surface area contributed by atoms with Crippen molar-refractivity contribution in [2.24, 2.45) is 0 Å². The summed E-state index contributed by atoms with van der Waals surface area (Å²) in [6, 6.07) is 3.74. The summed E-state index contributed by atoms with van der Waals surface area (Å²) in [6.45, 7) is 3.60. The van der Waals surface area contributed by atoms with Gasteiger partial charge in [0.2, 0.25) is 0 Å². The molecule has 1 atom stereocenters. The highest BCUT2D eigenvalue weighted by Gasteiger charge is 2.28. The van der Waals surface area contributed by atoms with Crippen LogP contribution in [0.2, 0.25) is 0 Å². The predicted octanol–water partition coefficient (Wildman–Crippen LogP) is 3.68. The van der Waals surface area contributed by atoms with Crippen LogP contribution in [0, 0.1) is 6.92 Å². The Balaban J connectivity index is 2.51. The van der Waals surface area contributed by atoms with Crippen molar-refractivity contribution in [3.05, 3.63) is 21.9 Å². The molecular formula is C12H18F3NOS. The van der Waals surface area contributed by atoms with Gasteiger partial charge in [-0.1, -0.05) is 6.92 Å². The van der Waals surface area contributed by atoms with Gasteiger partial charge in [0, 0.05) is 9.75 Å². The van der Waals surface area contributed by atoms with E-state index in [-0.39, 0.29) is 12.6 Å². The molecule has 1 heterocycles. The number of hydrogen-bond acceptors (Lipinski definition) is 3. The number of hydrogen-bond donors (Lipinski definition) is 1. The molecule has 0 fully saturated rings. The van der Waals surface area contributed by atoms with Gasteiger partial charge in [0.05, 0.1) is 12.6 Å². The number of thiophene rings is 1. The zero-order valence-electron chi connectivity index (χ0n) is 10.5. The molecule has 0 aromatic carbocycles. The molecule has 0 saturated carbocycles. The summed E-state index contributed by atoms with van der Waals surface area (Å²) < 4.78 is 40.8. The van der Waals surface area contributed by atoms with E-state index in [4.69, 9.17) is 4.74 Å². The largest absolute Gasteiger partial charge is 0.411 e. The molecule has 1 aromatic rings. The summed E-state index contributed by atoms with van der Waals surface area (Å²) >= 11 is 1.58. The zero-order chi connectivity index (χ0) is 13.6. The first-order chi connectivity index (χ1) is 8.42. The molecular weight excluding hydrogens is 263 g/mol. The lowest BCUT2D eigenvalue weighted by atomic mass is 10.2. The second-order valence-electron chi connectivity index (χ2n) is 4.09. The molecule has 1 N–H and O–H groups in total. The van der Waals surface area contributed by atoms with Gasteiger partial charge in [-0.3, -0.25) is 0 Å². The average molecular weight is 281 g/mol. The number of aryl methyl sites for hydroxylation is 1.